The van der Waals surface area contributed by atoms with Crippen LogP contribution >= 0.6 is 0 Å². The average molecular weight is 501 g/mol. The lowest BCUT2D eigenvalue weighted by molar-refractivity contribution is -0.133. The first-order valence-electron chi connectivity index (χ1n) is 12.5. The van der Waals surface area contributed by atoms with Crippen molar-refractivity contribution in [3.05, 3.63) is 107 Å². The van der Waals surface area contributed by atoms with Gasteiger partial charge in [0.25, 0.3) is 11.8 Å². The molecule has 3 aromatic rings. The van der Waals surface area contributed by atoms with E-state index in [1.807, 2.05) is 43.3 Å². The third kappa shape index (κ3) is 5.26. The monoisotopic (exact) mass is 500 g/mol. The number of aliphatic imine (C=N–C) groups is 1. The second-order valence-electron chi connectivity index (χ2n) is 10.1. The third-order valence-electron chi connectivity index (χ3n) is 6.76. The molecule has 4 rings (SSSR count). The maximum Gasteiger partial charge on any atom is 0.262 e. The molecular formula is C30H33FN4O2. The van der Waals surface area contributed by atoms with Gasteiger partial charge in [0.05, 0.1) is 6.04 Å². The molecule has 1 aliphatic heterocycles. The Morgan fingerprint density at radius 2 is 1.70 bits per heavy atom. The van der Waals surface area contributed by atoms with Crippen molar-refractivity contribution in [3.63, 3.8) is 0 Å². The first-order valence-corrected chi connectivity index (χ1v) is 12.5. The van der Waals surface area contributed by atoms with E-state index in [2.05, 4.69) is 13.8 Å². The molecule has 0 bridgehead atoms. The smallest absolute Gasteiger partial charge is 0.262 e. The van der Waals surface area contributed by atoms with Crippen LogP contribution in [0.25, 0.3) is 0 Å². The lowest BCUT2D eigenvalue weighted by Gasteiger charge is -2.31. The molecule has 0 aliphatic carbocycles. The van der Waals surface area contributed by atoms with Gasteiger partial charge in [-0.05, 0) is 60.2 Å². The van der Waals surface area contributed by atoms with E-state index in [0.717, 1.165) is 16.7 Å². The Labute approximate surface area is 217 Å². The number of guanidine groups is 1. The van der Waals surface area contributed by atoms with Crippen molar-refractivity contribution in [3.8, 4) is 0 Å². The van der Waals surface area contributed by atoms with Crippen molar-refractivity contribution < 1.29 is 14.0 Å². The van der Waals surface area contributed by atoms with Crippen LogP contribution in [0.3, 0.4) is 0 Å². The van der Waals surface area contributed by atoms with Crippen molar-refractivity contribution in [2.24, 2.45) is 16.6 Å². The third-order valence-corrected chi connectivity index (χ3v) is 6.76. The molecule has 0 spiro atoms. The van der Waals surface area contributed by atoms with Gasteiger partial charge in [0, 0.05) is 19.2 Å². The zero-order valence-corrected chi connectivity index (χ0v) is 21.7. The molecule has 1 heterocycles. The number of hydrogen-bond acceptors (Lipinski definition) is 4. The van der Waals surface area contributed by atoms with Gasteiger partial charge in [-0.2, -0.15) is 0 Å². The van der Waals surface area contributed by atoms with Gasteiger partial charge in [0.2, 0.25) is 0 Å². The molecule has 3 aromatic carbocycles. The second-order valence-corrected chi connectivity index (χ2v) is 10.1. The highest BCUT2D eigenvalue weighted by Gasteiger charge is 2.50. The van der Waals surface area contributed by atoms with Crippen molar-refractivity contribution in [2.75, 3.05) is 7.05 Å². The Morgan fingerprint density at radius 1 is 1.03 bits per heavy atom. The largest absolute Gasteiger partial charge is 0.369 e. The van der Waals surface area contributed by atoms with Crippen LogP contribution in [-0.2, 0) is 16.9 Å². The highest BCUT2D eigenvalue weighted by molar-refractivity contribution is 6.07. The summed E-state index contributed by atoms with van der Waals surface area (Å²) in [7, 11) is 1.70. The summed E-state index contributed by atoms with van der Waals surface area (Å²) in [6.45, 7) is 6.36. The SMILES string of the molecule is CC(C)C[C@@]1(c2ccccc2)N=C(N)N(C(C)c2cccc(C(=O)N(C)Cc3ccc(F)cc3)c2)C1=O. The minimum atomic E-state index is -1.07. The number of hydrogen-bond donors (Lipinski definition) is 1. The van der Waals surface area contributed by atoms with Crippen molar-refractivity contribution >= 4 is 17.8 Å². The minimum absolute atomic E-state index is 0.164. The van der Waals surface area contributed by atoms with Crippen LogP contribution < -0.4 is 5.73 Å². The number of carbonyl (C=O) groups excluding carboxylic acids is 2. The normalized spacial score (nSPS) is 18.2. The molecular weight excluding hydrogens is 467 g/mol. The highest BCUT2D eigenvalue weighted by atomic mass is 19.1. The van der Waals surface area contributed by atoms with E-state index < -0.39 is 11.6 Å². The minimum Gasteiger partial charge on any atom is -0.369 e. The van der Waals surface area contributed by atoms with Crippen LogP contribution in [0.2, 0.25) is 0 Å². The van der Waals surface area contributed by atoms with E-state index >= 15 is 0 Å². The lowest BCUT2D eigenvalue weighted by Crippen LogP contribution is -2.44. The maximum atomic E-state index is 14.0. The molecule has 1 unspecified atom stereocenters. The maximum absolute atomic E-state index is 14.0. The molecule has 2 N–H and O–H groups in total. The summed E-state index contributed by atoms with van der Waals surface area (Å²) < 4.78 is 13.2. The standard InChI is InChI=1S/C30H33FN4O2/c1-20(2)18-30(25-11-6-5-7-12-25)28(37)35(29(32)33-30)21(3)23-9-8-10-24(17-23)27(36)34(4)19-22-13-15-26(31)16-14-22/h5-17,20-21H,18-19H2,1-4H3,(H2,32,33)/t21?,30-/m0/s1. The Morgan fingerprint density at radius 3 is 2.35 bits per heavy atom. The van der Waals surface area contributed by atoms with Gasteiger partial charge >= 0.3 is 0 Å². The van der Waals surface area contributed by atoms with Crippen LogP contribution in [0, 0.1) is 11.7 Å². The molecule has 0 radical (unpaired) electrons. The van der Waals surface area contributed by atoms with Crippen LogP contribution in [0.1, 0.15) is 60.3 Å². The lowest BCUT2D eigenvalue weighted by atomic mass is 9.82. The number of carbonyl (C=O) groups is 2. The number of benzene rings is 3. The molecule has 2 atom stereocenters. The van der Waals surface area contributed by atoms with Gasteiger partial charge in [-0.3, -0.25) is 14.5 Å². The number of rotatable bonds is 8. The summed E-state index contributed by atoms with van der Waals surface area (Å²) >= 11 is 0. The molecule has 0 fully saturated rings. The quantitative estimate of drug-likeness (QED) is 0.458. The summed E-state index contributed by atoms with van der Waals surface area (Å²) in [5.41, 5.74) is 8.24. The van der Waals surface area contributed by atoms with Crippen LogP contribution in [0.4, 0.5) is 4.39 Å². The zero-order chi connectivity index (χ0) is 26.7. The topological polar surface area (TPSA) is 79.0 Å². The molecule has 7 heteroatoms. The first-order chi connectivity index (χ1) is 17.6. The molecule has 0 saturated carbocycles. The highest BCUT2D eigenvalue weighted by Crippen LogP contribution is 2.41. The van der Waals surface area contributed by atoms with E-state index in [-0.39, 0.29) is 29.5 Å². The van der Waals surface area contributed by atoms with Crippen molar-refractivity contribution in [1.29, 1.82) is 0 Å². The van der Waals surface area contributed by atoms with Crippen LogP contribution in [0.15, 0.2) is 83.9 Å². The number of halogens is 1. The predicted molar refractivity (Wildman–Crippen MR) is 143 cm³/mol. The summed E-state index contributed by atoms with van der Waals surface area (Å²) in [5, 5.41) is 0. The van der Waals surface area contributed by atoms with Crippen LogP contribution in [-0.4, -0.2) is 34.6 Å². The van der Waals surface area contributed by atoms with Gasteiger partial charge in [-0.1, -0.05) is 68.4 Å². The summed E-state index contributed by atoms with van der Waals surface area (Å²) in [6.07, 6.45) is 0.534. The first kappa shape index (κ1) is 26.1. The Hall–Kier alpha value is -4.00. The summed E-state index contributed by atoms with van der Waals surface area (Å²) in [4.78, 5) is 35.0. The fourth-order valence-electron chi connectivity index (χ4n) is 4.95. The Balaban J connectivity index is 1.59. The molecule has 0 saturated heterocycles. The fraction of sp³-hybridized carbons (Fsp3) is 0.300. The zero-order valence-electron chi connectivity index (χ0n) is 21.7. The summed E-state index contributed by atoms with van der Waals surface area (Å²) in [6, 6.07) is 22.4. The van der Waals surface area contributed by atoms with E-state index in [9.17, 15) is 14.0 Å². The van der Waals surface area contributed by atoms with Gasteiger partial charge in [-0.15, -0.1) is 0 Å². The predicted octanol–water partition coefficient (Wildman–Crippen LogP) is 5.26. The van der Waals surface area contributed by atoms with Gasteiger partial charge in [-0.25, -0.2) is 9.38 Å². The van der Waals surface area contributed by atoms with E-state index in [4.69, 9.17) is 10.7 Å². The fourth-order valence-corrected chi connectivity index (χ4v) is 4.95. The number of nitrogens with two attached hydrogens (primary N) is 1. The molecule has 2 amide bonds. The molecule has 192 valence electrons. The number of amides is 2. The molecule has 6 nitrogen and oxygen atoms in total. The van der Waals surface area contributed by atoms with Gasteiger partial charge in [0.15, 0.2) is 11.5 Å². The van der Waals surface area contributed by atoms with Crippen molar-refractivity contribution in [1.82, 2.24) is 9.80 Å². The number of nitrogens with zero attached hydrogens (tertiary/aromatic N) is 3. The van der Waals surface area contributed by atoms with Crippen molar-refractivity contribution in [2.45, 2.75) is 45.3 Å². The second kappa shape index (κ2) is 10.5. The van der Waals surface area contributed by atoms with E-state index in [1.165, 1.54) is 12.1 Å². The average Bonchev–Trinajstić information content (AvgIpc) is 3.14. The van der Waals surface area contributed by atoms with E-state index in [1.54, 1.807) is 47.2 Å². The Kier molecular flexibility index (Phi) is 7.43. The van der Waals surface area contributed by atoms with E-state index in [0.29, 0.717) is 18.5 Å². The van der Waals surface area contributed by atoms with Gasteiger partial charge in [0.1, 0.15) is 5.82 Å². The Bertz CT molecular complexity index is 1310. The summed E-state index contributed by atoms with van der Waals surface area (Å²) in [5.74, 6) is -0.266. The molecule has 37 heavy (non-hydrogen) atoms. The van der Waals surface area contributed by atoms with Gasteiger partial charge < -0.3 is 10.6 Å². The van der Waals surface area contributed by atoms with Crippen LogP contribution in [0.5, 0.6) is 0 Å². The molecule has 1 aliphatic rings. The molecule has 0 aromatic heterocycles.